The van der Waals surface area contributed by atoms with Crippen molar-refractivity contribution in [1.29, 1.82) is 0 Å². The molecule has 3 aromatic rings. The lowest BCUT2D eigenvalue weighted by molar-refractivity contribution is -0.122. The SMILES string of the molecule is Nc1cccc2c1cc(-c1noc(CNC(=O)C3CC3)n1)n2C(F)C(F)F. The molecule has 1 atom stereocenters. The number of rotatable bonds is 6. The fraction of sp³-hybridized carbons (Fsp3) is 0.353. The fourth-order valence-electron chi connectivity index (χ4n) is 2.91. The van der Waals surface area contributed by atoms with Gasteiger partial charge in [-0.3, -0.25) is 4.79 Å². The van der Waals surface area contributed by atoms with E-state index in [-0.39, 0.29) is 41.3 Å². The van der Waals surface area contributed by atoms with E-state index >= 15 is 0 Å². The van der Waals surface area contributed by atoms with Crippen molar-refractivity contribution in [1.82, 2.24) is 20.0 Å². The summed E-state index contributed by atoms with van der Waals surface area (Å²) in [5.74, 6) is -0.0461. The van der Waals surface area contributed by atoms with E-state index in [1.54, 1.807) is 12.1 Å². The van der Waals surface area contributed by atoms with Gasteiger partial charge in [-0.05, 0) is 31.0 Å². The summed E-state index contributed by atoms with van der Waals surface area (Å²) < 4.78 is 46.3. The summed E-state index contributed by atoms with van der Waals surface area (Å²) >= 11 is 0. The molecule has 0 saturated heterocycles. The van der Waals surface area contributed by atoms with Gasteiger partial charge in [0.25, 0.3) is 6.43 Å². The van der Waals surface area contributed by atoms with Gasteiger partial charge in [0.2, 0.25) is 23.9 Å². The number of anilines is 1. The van der Waals surface area contributed by atoms with Crippen LogP contribution < -0.4 is 11.1 Å². The predicted molar refractivity (Wildman–Crippen MR) is 90.4 cm³/mol. The minimum Gasteiger partial charge on any atom is -0.398 e. The van der Waals surface area contributed by atoms with E-state index in [1.165, 1.54) is 12.1 Å². The summed E-state index contributed by atoms with van der Waals surface area (Å²) in [6, 6.07) is 6.06. The van der Waals surface area contributed by atoms with Crippen molar-refractivity contribution in [2.75, 3.05) is 5.73 Å². The first-order valence-electron chi connectivity index (χ1n) is 8.38. The first kappa shape index (κ1) is 17.4. The number of hydrogen-bond acceptors (Lipinski definition) is 5. The minimum atomic E-state index is -3.25. The van der Waals surface area contributed by atoms with Gasteiger partial charge in [0.05, 0.1) is 17.8 Å². The number of carbonyl (C=O) groups is 1. The predicted octanol–water partition coefficient (Wildman–Crippen LogP) is 3.03. The third kappa shape index (κ3) is 3.22. The Bertz CT molecular complexity index is 996. The Kier molecular flexibility index (Phi) is 4.25. The van der Waals surface area contributed by atoms with E-state index < -0.39 is 12.7 Å². The zero-order chi connectivity index (χ0) is 19.1. The average molecular weight is 379 g/mol. The molecule has 1 fully saturated rings. The lowest BCUT2D eigenvalue weighted by Gasteiger charge is -2.13. The van der Waals surface area contributed by atoms with E-state index in [2.05, 4.69) is 15.5 Å². The van der Waals surface area contributed by atoms with Gasteiger partial charge >= 0.3 is 0 Å². The Morgan fingerprint density at radius 1 is 1.37 bits per heavy atom. The normalized spacial score (nSPS) is 15.4. The van der Waals surface area contributed by atoms with E-state index in [0.29, 0.717) is 11.1 Å². The van der Waals surface area contributed by atoms with Crippen LogP contribution in [0.2, 0.25) is 0 Å². The summed E-state index contributed by atoms with van der Waals surface area (Å²) in [4.78, 5) is 15.8. The lowest BCUT2D eigenvalue weighted by atomic mass is 10.2. The maximum Gasteiger partial charge on any atom is 0.288 e. The minimum absolute atomic E-state index is 0.0125. The molecule has 2 aromatic heterocycles. The lowest BCUT2D eigenvalue weighted by Crippen LogP contribution is -2.24. The van der Waals surface area contributed by atoms with Crippen LogP contribution in [0.3, 0.4) is 0 Å². The summed E-state index contributed by atoms with van der Waals surface area (Å²) in [7, 11) is 0. The molecular formula is C17H16F3N5O2. The smallest absolute Gasteiger partial charge is 0.288 e. The van der Waals surface area contributed by atoms with Gasteiger partial charge in [-0.25, -0.2) is 13.2 Å². The number of nitrogens with one attached hydrogen (secondary N) is 1. The average Bonchev–Trinajstić information content (AvgIpc) is 3.26. The number of nitrogen functional groups attached to an aromatic ring is 1. The van der Waals surface area contributed by atoms with Crippen LogP contribution in [0.25, 0.3) is 22.4 Å². The van der Waals surface area contributed by atoms with Crippen molar-refractivity contribution in [2.45, 2.75) is 32.1 Å². The first-order valence-corrected chi connectivity index (χ1v) is 8.38. The zero-order valence-electron chi connectivity index (χ0n) is 14.0. The van der Waals surface area contributed by atoms with E-state index in [0.717, 1.165) is 17.4 Å². The molecule has 0 aliphatic heterocycles. The fourth-order valence-corrected chi connectivity index (χ4v) is 2.91. The standard InChI is InChI=1S/C17H16F3N5O2/c18-14(19)15(20)25-11-3-1-2-10(21)9(11)6-12(25)16-23-13(27-24-16)7-22-17(26)8-4-5-8/h1-3,6,8,14-15H,4-5,7,21H2,(H,22,26). The molecule has 4 rings (SSSR count). The highest BCUT2D eigenvalue weighted by molar-refractivity contribution is 5.95. The van der Waals surface area contributed by atoms with Crippen LogP contribution in [-0.4, -0.2) is 27.0 Å². The van der Waals surface area contributed by atoms with Crippen LogP contribution in [-0.2, 0) is 11.3 Å². The number of halogens is 3. The van der Waals surface area contributed by atoms with Gasteiger partial charge in [-0.1, -0.05) is 11.2 Å². The van der Waals surface area contributed by atoms with Gasteiger partial charge in [-0.15, -0.1) is 0 Å². The summed E-state index contributed by atoms with van der Waals surface area (Å²) in [5.41, 5.74) is 6.41. The van der Waals surface area contributed by atoms with Crippen LogP contribution >= 0.6 is 0 Å². The molecule has 1 unspecified atom stereocenters. The number of fused-ring (bicyclic) bond motifs is 1. The second kappa shape index (κ2) is 6.60. The van der Waals surface area contributed by atoms with Crippen molar-refractivity contribution in [3.05, 3.63) is 30.2 Å². The van der Waals surface area contributed by atoms with Crippen LogP contribution in [0.15, 0.2) is 28.8 Å². The molecule has 142 valence electrons. The Morgan fingerprint density at radius 3 is 2.85 bits per heavy atom. The Morgan fingerprint density at radius 2 is 2.15 bits per heavy atom. The Hall–Kier alpha value is -3.04. The molecular weight excluding hydrogens is 363 g/mol. The molecule has 27 heavy (non-hydrogen) atoms. The number of nitrogens with zero attached hydrogens (tertiary/aromatic N) is 3. The van der Waals surface area contributed by atoms with Crippen molar-refractivity contribution in [3.8, 4) is 11.5 Å². The largest absolute Gasteiger partial charge is 0.398 e. The molecule has 2 heterocycles. The summed E-state index contributed by atoms with van der Waals surface area (Å²) in [5, 5.41) is 6.81. The summed E-state index contributed by atoms with van der Waals surface area (Å²) in [6.45, 7) is 0.0125. The van der Waals surface area contributed by atoms with Gasteiger partial charge in [0.15, 0.2) is 0 Å². The number of aromatic nitrogens is 3. The molecule has 1 saturated carbocycles. The third-order valence-corrected chi connectivity index (χ3v) is 4.43. The Balaban J connectivity index is 1.69. The molecule has 0 radical (unpaired) electrons. The molecule has 0 spiro atoms. The molecule has 1 amide bonds. The number of nitrogens with two attached hydrogens (primary N) is 1. The van der Waals surface area contributed by atoms with Crippen molar-refractivity contribution >= 4 is 22.5 Å². The number of benzene rings is 1. The second-order valence-corrected chi connectivity index (χ2v) is 6.39. The highest BCUT2D eigenvalue weighted by Crippen LogP contribution is 2.35. The number of hydrogen-bond donors (Lipinski definition) is 2. The van der Waals surface area contributed by atoms with Gasteiger partial charge in [-0.2, -0.15) is 4.98 Å². The number of carbonyl (C=O) groups excluding carboxylic acids is 1. The molecule has 10 heteroatoms. The quantitative estimate of drug-likeness (QED) is 0.642. The molecule has 7 nitrogen and oxygen atoms in total. The topological polar surface area (TPSA) is 99.0 Å². The van der Waals surface area contributed by atoms with Crippen LogP contribution in [0, 0.1) is 5.92 Å². The maximum atomic E-state index is 14.3. The molecule has 1 aliphatic carbocycles. The highest BCUT2D eigenvalue weighted by Gasteiger charge is 2.30. The molecule has 1 aliphatic rings. The molecule has 0 bridgehead atoms. The third-order valence-electron chi connectivity index (χ3n) is 4.43. The van der Waals surface area contributed by atoms with Crippen LogP contribution in [0.1, 0.15) is 25.0 Å². The van der Waals surface area contributed by atoms with Crippen LogP contribution in [0.4, 0.5) is 18.9 Å². The van der Waals surface area contributed by atoms with E-state index in [4.69, 9.17) is 10.3 Å². The molecule has 1 aromatic carbocycles. The van der Waals surface area contributed by atoms with Crippen molar-refractivity contribution in [2.24, 2.45) is 5.92 Å². The van der Waals surface area contributed by atoms with Crippen molar-refractivity contribution in [3.63, 3.8) is 0 Å². The monoisotopic (exact) mass is 379 g/mol. The summed E-state index contributed by atoms with van der Waals surface area (Å²) in [6.07, 6.45) is -4.14. The van der Waals surface area contributed by atoms with Crippen molar-refractivity contribution < 1.29 is 22.5 Å². The number of alkyl halides is 3. The zero-order valence-corrected chi connectivity index (χ0v) is 14.0. The maximum absolute atomic E-state index is 14.3. The second-order valence-electron chi connectivity index (χ2n) is 6.39. The van der Waals surface area contributed by atoms with Gasteiger partial charge in [0, 0.05) is 17.0 Å². The Labute approximate surface area is 151 Å². The molecule has 3 N–H and O–H groups in total. The first-order chi connectivity index (χ1) is 13.0. The van der Waals surface area contributed by atoms with E-state index in [9.17, 15) is 18.0 Å². The van der Waals surface area contributed by atoms with E-state index in [1.807, 2.05) is 0 Å². The highest BCUT2D eigenvalue weighted by atomic mass is 19.3. The van der Waals surface area contributed by atoms with Gasteiger partial charge < -0.3 is 20.1 Å². The van der Waals surface area contributed by atoms with Crippen LogP contribution in [0.5, 0.6) is 0 Å². The number of amides is 1. The van der Waals surface area contributed by atoms with Gasteiger partial charge in [0.1, 0.15) is 0 Å².